The number of carbonyl (C=O) groups is 2. The Kier molecular flexibility index (Phi) is 7.94. The maximum Gasteiger partial charge on any atom is 0.341 e. The van der Waals surface area contributed by atoms with Crippen LogP contribution in [0.3, 0.4) is 0 Å². The van der Waals surface area contributed by atoms with Crippen LogP contribution in [0.1, 0.15) is 68.1 Å². The minimum Gasteiger partial charge on any atom is -0.456 e. The minimum atomic E-state index is -0.689. The largest absolute Gasteiger partial charge is 0.456 e. The molecular formula is C30H29ClN4O3. The highest BCUT2D eigenvalue weighted by Crippen LogP contribution is 2.39. The van der Waals surface area contributed by atoms with Crippen LogP contribution in [-0.4, -0.2) is 27.4 Å². The van der Waals surface area contributed by atoms with E-state index in [0.29, 0.717) is 17.0 Å². The van der Waals surface area contributed by atoms with Crippen molar-refractivity contribution in [1.82, 2.24) is 15.3 Å². The number of rotatable bonds is 6. The van der Waals surface area contributed by atoms with Crippen LogP contribution in [-0.2, 0) is 15.1 Å². The predicted molar refractivity (Wildman–Crippen MR) is 146 cm³/mol. The predicted octanol–water partition coefficient (Wildman–Crippen LogP) is 6.24. The fraction of sp³-hybridized carbons (Fsp3) is 0.300. The highest BCUT2D eigenvalue weighted by Gasteiger charge is 2.37. The Morgan fingerprint density at radius 2 is 1.82 bits per heavy atom. The van der Waals surface area contributed by atoms with Gasteiger partial charge in [0.1, 0.15) is 22.4 Å². The molecule has 38 heavy (non-hydrogen) atoms. The van der Waals surface area contributed by atoms with E-state index in [4.69, 9.17) is 16.3 Å². The van der Waals surface area contributed by atoms with E-state index in [1.165, 1.54) is 12.3 Å². The first-order valence-corrected chi connectivity index (χ1v) is 12.8. The van der Waals surface area contributed by atoms with Gasteiger partial charge >= 0.3 is 5.97 Å². The molecule has 0 bridgehead atoms. The Bertz CT molecular complexity index is 1420. The molecule has 1 fully saturated rings. The summed E-state index contributed by atoms with van der Waals surface area (Å²) in [5.74, 6) is -1.03. The second-order valence-electron chi connectivity index (χ2n) is 10.3. The normalized spacial score (nSPS) is 15.0. The lowest BCUT2D eigenvalue weighted by Gasteiger charge is -2.31. The lowest BCUT2D eigenvalue weighted by Crippen LogP contribution is -2.44. The van der Waals surface area contributed by atoms with Crippen LogP contribution in [0.5, 0.6) is 0 Å². The first kappa shape index (κ1) is 27.0. The zero-order chi connectivity index (χ0) is 27.3. The Morgan fingerprint density at radius 3 is 2.47 bits per heavy atom. The number of halogens is 1. The van der Waals surface area contributed by atoms with Crippen molar-refractivity contribution in [3.05, 3.63) is 88.3 Å². The van der Waals surface area contributed by atoms with Gasteiger partial charge in [-0.3, -0.25) is 4.79 Å². The molecule has 0 unspecified atom stereocenters. The third-order valence-corrected chi connectivity index (χ3v) is 6.62. The molecule has 8 heteroatoms. The molecule has 1 aromatic carbocycles. The Balaban J connectivity index is 1.60. The zero-order valence-electron chi connectivity index (χ0n) is 21.6. The van der Waals surface area contributed by atoms with Crippen molar-refractivity contribution in [1.29, 1.82) is 5.26 Å². The summed E-state index contributed by atoms with van der Waals surface area (Å²) in [6.07, 6.45) is 6.62. The fourth-order valence-corrected chi connectivity index (χ4v) is 4.74. The Morgan fingerprint density at radius 1 is 1.11 bits per heavy atom. The number of nitrogens with one attached hydrogen (secondary N) is 1. The van der Waals surface area contributed by atoms with Crippen molar-refractivity contribution in [3.63, 3.8) is 0 Å². The average molecular weight is 529 g/mol. The molecule has 1 aliphatic carbocycles. The number of carbonyl (C=O) groups excluding carboxylic acids is 2. The van der Waals surface area contributed by atoms with Gasteiger partial charge in [-0.15, -0.1) is 0 Å². The highest BCUT2D eigenvalue weighted by atomic mass is 35.5. The van der Waals surface area contributed by atoms with Crippen LogP contribution < -0.4 is 5.32 Å². The molecule has 0 atom stereocenters. The summed E-state index contributed by atoms with van der Waals surface area (Å²) in [6.45, 7) is 5.31. The van der Waals surface area contributed by atoms with E-state index >= 15 is 0 Å². The van der Waals surface area contributed by atoms with Gasteiger partial charge in [-0.2, -0.15) is 5.26 Å². The lowest BCUT2D eigenvalue weighted by molar-refractivity contribution is -0.119. The summed E-state index contributed by atoms with van der Waals surface area (Å²) >= 11 is 6.16. The van der Waals surface area contributed by atoms with Crippen LogP contribution >= 0.6 is 11.6 Å². The summed E-state index contributed by atoms with van der Waals surface area (Å²) < 4.78 is 5.43. The van der Waals surface area contributed by atoms with E-state index in [-0.39, 0.29) is 16.3 Å². The van der Waals surface area contributed by atoms with E-state index in [0.717, 1.165) is 31.2 Å². The number of ether oxygens (including phenoxy) is 1. The van der Waals surface area contributed by atoms with E-state index in [1.54, 1.807) is 45.0 Å². The maximum absolute atomic E-state index is 13.2. The Labute approximate surface area is 227 Å². The van der Waals surface area contributed by atoms with Crippen molar-refractivity contribution < 1.29 is 14.3 Å². The van der Waals surface area contributed by atoms with Crippen LogP contribution in [0.2, 0.25) is 5.15 Å². The third-order valence-electron chi connectivity index (χ3n) is 6.32. The minimum absolute atomic E-state index is 0.0294. The summed E-state index contributed by atoms with van der Waals surface area (Å²) in [5, 5.41) is 13.0. The molecule has 1 amide bonds. The summed E-state index contributed by atoms with van der Waals surface area (Å²) in [5.41, 5.74) is 1.41. The second-order valence-corrected chi connectivity index (χ2v) is 10.6. The number of hydrogen-bond donors (Lipinski definition) is 1. The van der Waals surface area contributed by atoms with Gasteiger partial charge in [0, 0.05) is 11.8 Å². The van der Waals surface area contributed by atoms with Crippen molar-refractivity contribution in [3.8, 4) is 17.3 Å². The summed E-state index contributed by atoms with van der Waals surface area (Å²) in [7, 11) is 0. The van der Waals surface area contributed by atoms with Gasteiger partial charge in [0.05, 0.1) is 22.5 Å². The summed E-state index contributed by atoms with van der Waals surface area (Å²) in [6, 6.07) is 18.7. The van der Waals surface area contributed by atoms with Crippen molar-refractivity contribution >= 4 is 29.6 Å². The van der Waals surface area contributed by atoms with Gasteiger partial charge in [0.15, 0.2) is 0 Å². The monoisotopic (exact) mass is 528 g/mol. The van der Waals surface area contributed by atoms with E-state index in [1.807, 2.05) is 36.4 Å². The van der Waals surface area contributed by atoms with Crippen molar-refractivity contribution in [2.75, 3.05) is 0 Å². The topological polar surface area (TPSA) is 105 Å². The molecule has 0 spiro atoms. The molecule has 1 aliphatic rings. The van der Waals surface area contributed by atoms with Gasteiger partial charge in [0.2, 0.25) is 0 Å². The first-order valence-electron chi connectivity index (χ1n) is 12.5. The van der Waals surface area contributed by atoms with Crippen molar-refractivity contribution in [2.24, 2.45) is 0 Å². The number of benzene rings is 1. The first-order chi connectivity index (χ1) is 18.1. The molecule has 0 radical (unpaired) electrons. The van der Waals surface area contributed by atoms with E-state index < -0.39 is 23.0 Å². The molecule has 1 N–H and O–H groups in total. The molecule has 194 valence electrons. The van der Waals surface area contributed by atoms with Gasteiger partial charge in [-0.1, -0.05) is 60.8 Å². The summed E-state index contributed by atoms with van der Waals surface area (Å²) in [4.78, 5) is 34.5. The fourth-order valence-electron chi connectivity index (χ4n) is 4.56. The van der Waals surface area contributed by atoms with E-state index in [9.17, 15) is 14.9 Å². The smallest absolute Gasteiger partial charge is 0.341 e. The number of amides is 1. The van der Waals surface area contributed by atoms with E-state index in [2.05, 4.69) is 15.3 Å². The molecule has 2 aromatic heterocycles. The molecule has 2 heterocycles. The van der Waals surface area contributed by atoms with Crippen molar-refractivity contribution in [2.45, 2.75) is 57.6 Å². The second kappa shape index (κ2) is 11.2. The Hall–Kier alpha value is -4.02. The van der Waals surface area contributed by atoms with Crippen LogP contribution in [0.25, 0.3) is 17.3 Å². The lowest BCUT2D eigenvalue weighted by atomic mass is 9.88. The third kappa shape index (κ3) is 6.27. The standard InChI is InChI=1S/C30H29ClN4O3/c1-29(2,3)38-28(37)24-17-21(19-33-26(24)31)25-13-9-12-23(34-25)16-20(18-32)27(36)35-30(14-7-8-15-30)22-10-5-4-6-11-22/h4-6,9-13,16-17,19H,7-8,14-15H2,1-3H3,(H,35,36). The highest BCUT2D eigenvalue weighted by molar-refractivity contribution is 6.32. The number of nitriles is 1. The quantitative estimate of drug-likeness (QED) is 0.175. The van der Waals surface area contributed by atoms with Gasteiger partial charge < -0.3 is 10.1 Å². The number of hydrogen-bond acceptors (Lipinski definition) is 6. The van der Waals surface area contributed by atoms with Gasteiger partial charge in [-0.25, -0.2) is 14.8 Å². The number of esters is 1. The zero-order valence-corrected chi connectivity index (χ0v) is 22.4. The molecule has 0 aliphatic heterocycles. The number of aromatic nitrogens is 2. The van der Waals surface area contributed by atoms with Gasteiger partial charge in [0.25, 0.3) is 5.91 Å². The molecule has 4 rings (SSSR count). The number of nitrogens with zero attached hydrogens (tertiary/aromatic N) is 3. The van der Waals surface area contributed by atoms with Crippen LogP contribution in [0.4, 0.5) is 0 Å². The molecule has 0 saturated heterocycles. The number of pyridine rings is 2. The van der Waals surface area contributed by atoms with Crippen LogP contribution in [0.15, 0.2) is 66.4 Å². The van der Waals surface area contributed by atoms with Gasteiger partial charge in [-0.05, 0) is 63.5 Å². The SMILES string of the molecule is CC(C)(C)OC(=O)c1cc(-c2cccc(C=C(C#N)C(=O)NC3(c4ccccc4)CCCC3)n2)cnc1Cl. The molecular weight excluding hydrogens is 500 g/mol. The van der Waals surface area contributed by atoms with Crippen LogP contribution in [0, 0.1) is 11.3 Å². The molecule has 1 saturated carbocycles. The average Bonchev–Trinajstić information content (AvgIpc) is 3.36. The maximum atomic E-state index is 13.2. The molecule has 3 aromatic rings. The molecule has 7 nitrogen and oxygen atoms in total.